The van der Waals surface area contributed by atoms with Crippen LogP contribution >= 0.6 is 0 Å². The fourth-order valence-electron chi connectivity index (χ4n) is 3.43. The van der Waals surface area contributed by atoms with E-state index in [0.29, 0.717) is 24.4 Å². The minimum Gasteiger partial charge on any atom is -0.497 e. The van der Waals surface area contributed by atoms with Gasteiger partial charge in [-0.3, -0.25) is 0 Å². The van der Waals surface area contributed by atoms with E-state index in [2.05, 4.69) is 21.3 Å². The second-order valence-electron chi connectivity index (χ2n) is 7.04. The lowest BCUT2D eigenvalue weighted by Crippen LogP contribution is -2.28. The number of aryl methyl sites for hydroxylation is 1. The Balaban J connectivity index is 1.66. The summed E-state index contributed by atoms with van der Waals surface area (Å²) in [4.78, 5) is 24.2. The maximum absolute atomic E-state index is 12.4. The number of carbonyl (C=O) groups is 2. The summed E-state index contributed by atoms with van der Waals surface area (Å²) in [5.41, 5.74) is 5.08. The molecule has 3 aromatic rings. The largest absolute Gasteiger partial charge is 0.497 e. The summed E-state index contributed by atoms with van der Waals surface area (Å²) in [7, 11) is 1.64. The Morgan fingerprint density at radius 3 is 2.45 bits per heavy atom. The van der Waals surface area contributed by atoms with Crippen molar-refractivity contribution in [3.8, 4) is 11.4 Å². The number of carbonyl (C=O) groups excluding carboxylic acids is 2. The lowest BCUT2D eigenvalue weighted by atomic mass is 10.2. The van der Waals surface area contributed by atoms with Crippen LogP contribution in [-0.4, -0.2) is 30.3 Å². The number of benzene rings is 2. The third-order valence-corrected chi connectivity index (χ3v) is 4.94. The first-order chi connectivity index (χ1) is 14.9. The van der Waals surface area contributed by atoms with E-state index in [1.54, 1.807) is 38.3 Å². The molecule has 0 unspecified atom stereocenters. The van der Waals surface area contributed by atoms with Crippen LogP contribution in [-0.2, 0) is 11.3 Å². The molecule has 0 saturated carbocycles. The third kappa shape index (κ3) is 5.25. The van der Waals surface area contributed by atoms with E-state index >= 15 is 0 Å². The zero-order valence-electron chi connectivity index (χ0n) is 18.2. The first kappa shape index (κ1) is 22.0. The van der Waals surface area contributed by atoms with E-state index in [0.717, 1.165) is 28.4 Å². The molecule has 0 bridgehead atoms. The van der Waals surface area contributed by atoms with Gasteiger partial charge < -0.3 is 24.7 Å². The predicted octanol–water partition coefficient (Wildman–Crippen LogP) is 4.60. The van der Waals surface area contributed by atoms with E-state index in [1.165, 1.54) is 0 Å². The Morgan fingerprint density at radius 1 is 1.03 bits per heavy atom. The van der Waals surface area contributed by atoms with E-state index in [9.17, 15) is 9.59 Å². The monoisotopic (exact) mass is 421 g/mol. The zero-order valence-corrected chi connectivity index (χ0v) is 18.2. The highest BCUT2D eigenvalue weighted by Crippen LogP contribution is 2.23. The van der Waals surface area contributed by atoms with Crippen molar-refractivity contribution in [2.75, 3.05) is 19.0 Å². The van der Waals surface area contributed by atoms with E-state index < -0.39 is 5.97 Å². The van der Waals surface area contributed by atoms with Crippen LogP contribution < -0.4 is 15.4 Å². The van der Waals surface area contributed by atoms with Crippen molar-refractivity contribution in [1.82, 2.24) is 9.88 Å². The highest BCUT2D eigenvalue weighted by Gasteiger charge is 2.13. The molecule has 7 heteroatoms. The Bertz CT molecular complexity index is 1070. The van der Waals surface area contributed by atoms with Gasteiger partial charge in [-0.15, -0.1) is 0 Å². The molecule has 0 aliphatic rings. The summed E-state index contributed by atoms with van der Waals surface area (Å²) in [5, 5.41) is 5.63. The summed E-state index contributed by atoms with van der Waals surface area (Å²) >= 11 is 0. The Labute approximate surface area is 182 Å². The molecule has 1 heterocycles. The average molecular weight is 421 g/mol. The fourth-order valence-corrected chi connectivity index (χ4v) is 3.43. The lowest BCUT2D eigenvalue weighted by Gasteiger charge is -2.12. The van der Waals surface area contributed by atoms with Gasteiger partial charge in [0.1, 0.15) is 5.75 Å². The maximum Gasteiger partial charge on any atom is 0.338 e. The molecule has 162 valence electrons. The standard InChI is InChI=1S/C24H27N3O4/c1-5-31-23(28)18-7-6-8-20(14-18)26-24(29)25-15-19-13-16(2)27(17(19)3)21-9-11-22(30-4)12-10-21/h6-14H,5,15H2,1-4H3,(H2,25,26,29). The highest BCUT2D eigenvalue weighted by molar-refractivity contribution is 5.93. The van der Waals surface area contributed by atoms with Crippen molar-refractivity contribution in [2.45, 2.75) is 27.3 Å². The second kappa shape index (κ2) is 9.84. The van der Waals surface area contributed by atoms with E-state index in [1.807, 2.05) is 38.1 Å². The quantitative estimate of drug-likeness (QED) is 0.546. The molecule has 7 nitrogen and oxygen atoms in total. The molecule has 0 atom stereocenters. The number of methoxy groups -OCH3 is 1. The van der Waals surface area contributed by atoms with Gasteiger partial charge in [0.15, 0.2) is 0 Å². The van der Waals surface area contributed by atoms with Crippen LogP contribution in [0.4, 0.5) is 10.5 Å². The molecule has 2 aromatic carbocycles. The lowest BCUT2D eigenvalue weighted by molar-refractivity contribution is 0.0526. The van der Waals surface area contributed by atoms with Crippen LogP contribution in [0.3, 0.4) is 0 Å². The summed E-state index contributed by atoms with van der Waals surface area (Å²) in [6, 6.07) is 16.2. The summed E-state index contributed by atoms with van der Waals surface area (Å²) in [6.07, 6.45) is 0. The Hall–Kier alpha value is -3.74. The van der Waals surface area contributed by atoms with Gasteiger partial charge in [0, 0.05) is 29.3 Å². The second-order valence-corrected chi connectivity index (χ2v) is 7.04. The van der Waals surface area contributed by atoms with Gasteiger partial charge in [0.2, 0.25) is 0 Å². The summed E-state index contributed by atoms with van der Waals surface area (Å²) in [6.45, 7) is 6.47. The number of nitrogens with zero attached hydrogens (tertiary/aromatic N) is 1. The van der Waals surface area contributed by atoms with E-state index in [-0.39, 0.29) is 6.03 Å². The number of ether oxygens (including phenoxy) is 2. The van der Waals surface area contributed by atoms with Crippen LogP contribution in [0, 0.1) is 13.8 Å². The first-order valence-electron chi connectivity index (χ1n) is 10.1. The molecule has 1 aromatic heterocycles. The number of hydrogen-bond donors (Lipinski definition) is 2. The normalized spacial score (nSPS) is 10.5. The molecule has 3 rings (SSSR count). The highest BCUT2D eigenvalue weighted by atomic mass is 16.5. The molecule has 31 heavy (non-hydrogen) atoms. The minimum atomic E-state index is -0.419. The van der Waals surface area contributed by atoms with Gasteiger partial charge in [-0.25, -0.2) is 9.59 Å². The van der Waals surface area contributed by atoms with Crippen LogP contribution in [0.5, 0.6) is 5.75 Å². The summed E-state index contributed by atoms with van der Waals surface area (Å²) in [5.74, 6) is 0.384. The van der Waals surface area contributed by atoms with Gasteiger partial charge in [-0.05, 0) is 74.9 Å². The van der Waals surface area contributed by atoms with Gasteiger partial charge in [0.05, 0.1) is 19.3 Å². The van der Waals surface area contributed by atoms with Crippen LogP contribution in [0.15, 0.2) is 54.6 Å². The van der Waals surface area contributed by atoms with Gasteiger partial charge in [0.25, 0.3) is 0 Å². The van der Waals surface area contributed by atoms with Crippen molar-refractivity contribution in [3.05, 3.63) is 77.1 Å². The van der Waals surface area contributed by atoms with Crippen LogP contribution in [0.1, 0.15) is 34.2 Å². The molecule has 0 saturated heterocycles. The zero-order chi connectivity index (χ0) is 22.4. The molecule has 2 amide bonds. The molecule has 0 aliphatic carbocycles. The fraction of sp³-hybridized carbons (Fsp3) is 0.250. The number of amides is 2. The molecule has 0 fully saturated rings. The molecular formula is C24H27N3O4. The van der Waals surface area contributed by atoms with Gasteiger partial charge in [-0.2, -0.15) is 0 Å². The Kier molecular flexibility index (Phi) is 6.97. The van der Waals surface area contributed by atoms with Crippen molar-refractivity contribution in [2.24, 2.45) is 0 Å². The van der Waals surface area contributed by atoms with Crippen molar-refractivity contribution in [3.63, 3.8) is 0 Å². The number of nitrogens with one attached hydrogen (secondary N) is 2. The van der Waals surface area contributed by atoms with Crippen molar-refractivity contribution in [1.29, 1.82) is 0 Å². The van der Waals surface area contributed by atoms with Crippen LogP contribution in [0.2, 0.25) is 0 Å². The topological polar surface area (TPSA) is 81.6 Å². The average Bonchev–Trinajstić information content (AvgIpc) is 3.05. The SMILES string of the molecule is CCOC(=O)c1cccc(NC(=O)NCc2cc(C)n(-c3ccc(OC)cc3)c2C)c1. The van der Waals surface area contributed by atoms with E-state index in [4.69, 9.17) is 9.47 Å². The van der Waals surface area contributed by atoms with Crippen molar-refractivity contribution >= 4 is 17.7 Å². The number of urea groups is 1. The minimum absolute atomic E-state index is 0.298. The third-order valence-electron chi connectivity index (χ3n) is 4.94. The Morgan fingerprint density at radius 2 is 1.77 bits per heavy atom. The molecule has 0 spiro atoms. The number of aromatic nitrogens is 1. The smallest absolute Gasteiger partial charge is 0.338 e. The number of esters is 1. The van der Waals surface area contributed by atoms with Gasteiger partial charge >= 0.3 is 12.0 Å². The number of rotatable bonds is 7. The number of anilines is 1. The number of hydrogen-bond acceptors (Lipinski definition) is 4. The molecular weight excluding hydrogens is 394 g/mol. The molecule has 0 aliphatic heterocycles. The van der Waals surface area contributed by atoms with Crippen LogP contribution in [0.25, 0.3) is 5.69 Å². The first-order valence-corrected chi connectivity index (χ1v) is 10.1. The van der Waals surface area contributed by atoms with Crippen molar-refractivity contribution < 1.29 is 19.1 Å². The predicted molar refractivity (Wildman–Crippen MR) is 120 cm³/mol. The van der Waals surface area contributed by atoms with Gasteiger partial charge in [-0.1, -0.05) is 6.07 Å². The molecule has 0 radical (unpaired) electrons. The maximum atomic E-state index is 12.4. The molecule has 2 N–H and O–H groups in total. The summed E-state index contributed by atoms with van der Waals surface area (Å²) < 4.78 is 12.4.